The first-order valence-electron chi connectivity index (χ1n) is 4.76. The molecule has 0 amide bonds. The Hall–Kier alpha value is -1.07. The fraction of sp³-hybridized carbons (Fsp3) is 0.444. The van der Waals surface area contributed by atoms with E-state index in [1.165, 1.54) is 12.8 Å². The van der Waals surface area contributed by atoms with Crippen molar-refractivity contribution in [2.45, 2.75) is 12.8 Å². The van der Waals surface area contributed by atoms with E-state index < -0.39 is 0 Å². The zero-order chi connectivity index (χ0) is 9.38. The summed E-state index contributed by atoms with van der Waals surface area (Å²) in [6, 6.07) is 2.01. The van der Waals surface area contributed by atoms with E-state index in [4.69, 9.17) is 4.42 Å². The maximum absolute atomic E-state index is 5.52. The highest BCUT2D eigenvalue weighted by Gasteiger charge is 2.13. The van der Waals surface area contributed by atoms with E-state index in [1.807, 2.05) is 6.07 Å². The van der Waals surface area contributed by atoms with Gasteiger partial charge in [-0.05, 0) is 12.8 Å². The van der Waals surface area contributed by atoms with Crippen molar-refractivity contribution >= 4 is 27.6 Å². The van der Waals surface area contributed by atoms with Crippen LogP contribution in [0.1, 0.15) is 12.8 Å². The molecule has 2 aromatic rings. The first-order valence-corrected chi connectivity index (χ1v) is 5.64. The van der Waals surface area contributed by atoms with Crippen LogP contribution >= 0.6 is 11.3 Å². The third-order valence-corrected chi connectivity index (χ3v) is 3.16. The SMILES string of the molecule is c1nc2oc(NN3CCCC3)cc2s1. The van der Waals surface area contributed by atoms with Crippen LogP contribution in [0.4, 0.5) is 5.88 Å². The topological polar surface area (TPSA) is 41.3 Å². The number of rotatable bonds is 2. The molecule has 0 aliphatic carbocycles. The Morgan fingerprint density at radius 2 is 2.29 bits per heavy atom. The molecule has 3 heterocycles. The highest BCUT2D eigenvalue weighted by atomic mass is 32.1. The Morgan fingerprint density at radius 3 is 3.07 bits per heavy atom. The van der Waals surface area contributed by atoms with Gasteiger partial charge in [-0.25, -0.2) is 9.99 Å². The van der Waals surface area contributed by atoms with Gasteiger partial charge >= 0.3 is 0 Å². The molecule has 0 radical (unpaired) electrons. The number of anilines is 1. The zero-order valence-electron chi connectivity index (χ0n) is 7.69. The summed E-state index contributed by atoms with van der Waals surface area (Å²) in [6.07, 6.45) is 2.53. The standard InChI is InChI=1S/C9H11N3OS/c1-2-4-12(3-1)11-8-5-7-9(13-8)10-6-14-7/h5-6,11H,1-4H2. The number of nitrogens with zero attached hydrogens (tertiary/aromatic N) is 2. The van der Waals surface area contributed by atoms with Crippen molar-refractivity contribution < 1.29 is 4.42 Å². The van der Waals surface area contributed by atoms with Gasteiger partial charge in [0.1, 0.15) is 0 Å². The van der Waals surface area contributed by atoms with Gasteiger partial charge in [0.25, 0.3) is 0 Å². The van der Waals surface area contributed by atoms with Crippen LogP contribution in [0, 0.1) is 0 Å². The average molecular weight is 209 g/mol. The second kappa shape index (κ2) is 3.25. The van der Waals surface area contributed by atoms with Crippen LogP contribution in [0.2, 0.25) is 0 Å². The second-order valence-corrected chi connectivity index (χ2v) is 4.32. The van der Waals surface area contributed by atoms with Crippen molar-refractivity contribution in [2.24, 2.45) is 0 Å². The molecule has 1 N–H and O–H groups in total. The summed E-state index contributed by atoms with van der Waals surface area (Å²) < 4.78 is 6.62. The van der Waals surface area contributed by atoms with Crippen LogP contribution in [0.25, 0.3) is 10.4 Å². The lowest BCUT2D eigenvalue weighted by Gasteiger charge is -2.14. The predicted molar refractivity (Wildman–Crippen MR) is 56.3 cm³/mol. The molecule has 74 valence electrons. The minimum Gasteiger partial charge on any atom is -0.420 e. The highest BCUT2D eigenvalue weighted by Crippen LogP contribution is 2.25. The Labute approximate surface area is 85.5 Å². The first-order chi connectivity index (χ1) is 6.92. The monoisotopic (exact) mass is 209 g/mol. The molecule has 0 saturated carbocycles. The second-order valence-electron chi connectivity index (χ2n) is 3.44. The van der Waals surface area contributed by atoms with Crippen LogP contribution in [-0.4, -0.2) is 23.1 Å². The molecule has 0 aromatic carbocycles. The molecule has 4 nitrogen and oxygen atoms in total. The minimum absolute atomic E-state index is 0.733. The molecular formula is C9H11N3OS. The van der Waals surface area contributed by atoms with E-state index in [2.05, 4.69) is 15.4 Å². The van der Waals surface area contributed by atoms with E-state index in [0.717, 1.165) is 29.4 Å². The fourth-order valence-electron chi connectivity index (χ4n) is 1.71. The maximum Gasteiger partial charge on any atom is 0.239 e. The van der Waals surface area contributed by atoms with E-state index >= 15 is 0 Å². The van der Waals surface area contributed by atoms with Gasteiger partial charge in [-0.15, -0.1) is 11.3 Å². The lowest BCUT2D eigenvalue weighted by Crippen LogP contribution is -2.25. The summed E-state index contributed by atoms with van der Waals surface area (Å²) in [6.45, 7) is 2.20. The van der Waals surface area contributed by atoms with Gasteiger partial charge in [0.2, 0.25) is 11.6 Å². The number of hydrogen-bond acceptors (Lipinski definition) is 5. The molecule has 5 heteroatoms. The molecule has 1 aliphatic rings. The number of furan rings is 1. The Morgan fingerprint density at radius 1 is 1.43 bits per heavy atom. The van der Waals surface area contributed by atoms with Gasteiger partial charge in [0.15, 0.2) is 0 Å². The van der Waals surface area contributed by atoms with Crippen molar-refractivity contribution in [1.29, 1.82) is 0 Å². The number of hydrogen-bond donors (Lipinski definition) is 1. The molecule has 1 fully saturated rings. The number of hydrazine groups is 1. The van der Waals surface area contributed by atoms with Crippen LogP contribution in [0.15, 0.2) is 16.0 Å². The predicted octanol–water partition coefficient (Wildman–Crippen LogP) is 2.31. The fourth-order valence-corrected chi connectivity index (χ4v) is 2.34. The summed E-state index contributed by atoms with van der Waals surface area (Å²) in [5.74, 6) is 0.807. The Balaban J connectivity index is 1.80. The molecule has 14 heavy (non-hydrogen) atoms. The Kier molecular flexibility index (Phi) is 1.92. The number of aromatic nitrogens is 1. The third kappa shape index (κ3) is 1.38. The molecular weight excluding hydrogens is 198 g/mol. The summed E-state index contributed by atoms with van der Waals surface area (Å²) in [5.41, 5.74) is 5.78. The highest BCUT2D eigenvalue weighted by molar-refractivity contribution is 7.16. The maximum atomic E-state index is 5.52. The molecule has 1 aliphatic heterocycles. The van der Waals surface area contributed by atoms with Crippen LogP contribution in [-0.2, 0) is 0 Å². The van der Waals surface area contributed by atoms with Crippen LogP contribution in [0.3, 0.4) is 0 Å². The number of nitrogens with one attached hydrogen (secondary N) is 1. The summed E-state index contributed by atoms with van der Waals surface area (Å²) in [5, 5.41) is 2.18. The lowest BCUT2D eigenvalue weighted by atomic mass is 10.4. The van der Waals surface area contributed by atoms with Gasteiger partial charge < -0.3 is 4.42 Å². The van der Waals surface area contributed by atoms with E-state index in [-0.39, 0.29) is 0 Å². The van der Waals surface area contributed by atoms with E-state index in [0.29, 0.717) is 0 Å². The first kappa shape index (κ1) is 8.26. The van der Waals surface area contributed by atoms with E-state index in [1.54, 1.807) is 16.8 Å². The van der Waals surface area contributed by atoms with Gasteiger partial charge in [0, 0.05) is 19.2 Å². The molecule has 0 bridgehead atoms. The largest absolute Gasteiger partial charge is 0.420 e. The van der Waals surface area contributed by atoms with Gasteiger partial charge in [-0.3, -0.25) is 5.43 Å². The normalized spacial score (nSPS) is 18.0. The molecule has 0 atom stereocenters. The van der Waals surface area contributed by atoms with Crippen molar-refractivity contribution in [3.05, 3.63) is 11.6 Å². The van der Waals surface area contributed by atoms with Crippen molar-refractivity contribution in [3.63, 3.8) is 0 Å². The quantitative estimate of drug-likeness (QED) is 0.824. The number of fused-ring (bicyclic) bond motifs is 1. The molecule has 0 unspecified atom stereocenters. The summed E-state index contributed by atoms with van der Waals surface area (Å²) in [4.78, 5) is 4.11. The van der Waals surface area contributed by atoms with Crippen molar-refractivity contribution in [2.75, 3.05) is 18.5 Å². The lowest BCUT2D eigenvalue weighted by molar-refractivity contribution is 0.392. The molecule has 2 aromatic heterocycles. The van der Waals surface area contributed by atoms with E-state index in [9.17, 15) is 0 Å². The summed E-state index contributed by atoms with van der Waals surface area (Å²) in [7, 11) is 0. The van der Waals surface area contributed by atoms with Crippen LogP contribution < -0.4 is 5.43 Å². The van der Waals surface area contributed by atoms with Crippen molar-refractivity contribution in [1.82, 2.24) is 9.99 Å². The average Bonchev–Trinajstić information content (AvgIpc) is 2.78. The number of thiazole rings is 1. The van der Waals surface area contributed by atoms with Gasteiger partial charge in [-0.1, -0.05) is 0 Å². The Bertz CT molecular complexity index is 401. The third-order valence-electron chi connectivity index (χ3n) is 2.40. The van der Waals surface area contributed by atoms with Crippen LogP contribution in [0.5, 0.6) is 0 Å². The minimum atomic E-state index is 0.733. The molecule has 1 saturated heterocycles. The van der Waals surface area contributed by atoms with Gasteiger partial charge in [-0.2, -0.15) is 0 Å². The zero-order valence-corrected chi connectivity index (χ0v) is 8.51. The smallest absolute Gasteiger partial charge is 0.239 e. The molecule has 0 spiro atoms. The van der Waals surface area contributed by atoms with Crippen molar-refractivity contribution in [3.8, 4) is 0 Å². The van der Waals surface area contributed by atoms with Gasteiger partial charge in [0.05, 0.1) is 10.2 Å². The summed E-state index contributed by atoms with van der Waals surface area (Å²) >= 11 is 1.60. The molecule has 3 rings (SSSR count).